The highest BCUT2D eigenvalue weighted by Gasteiger charge is 2.23. The topological polar surface area (TPSA) is 102 Å². The van der Waals surface area contributed by atoms with Crippen molar-refractivity contribution >= 4 is 34.1 Å². The number of thioether (sulfide) groups is 1. The van der Waals surface area contributed by atoms with E-state index in [9.17, 15) is 10.1 Å². The summed E-state index contributed by atoms with van der Waals surface area (Å²) in [6.45, 7) is 5.73. The maximum absolute atomic E-state index is 12.1. The Kier molecular flexibility index (Phi) is 5.58. The van der Waals surface area contributed by atoms with Gasteiger partial charge in [0.05, 0.1) is 12.2 Å². The summed E-state index contributed by atoms with van der Waals surface area (Å²) < 4.78 is 5.04. The first-order valence-electron chi connectivity index (χ1n) is 6.89. The molecular weight excluding hydrogens is 332 g/mol. The maximum Gasteiger partial charge on any atom is 0.348 e. The number of esters is 1. The van der Waals surface area contributed by atoms with Crippen molar-refractivity contribution in [2.24, 2.45) is 0 Å². The van der Waals surface area contributed by atoms with Crippen LogP contribution < -0.4 is 5.73 Å². The SMILES string of the molecule is CCOC(=O)c1sc(N)c(C#N)c1CSc1cc(C)nc(C)n1. The highest BCUT2D eigenvalue weighted by molar-refractivity contribution is 7.98. The third-order valence-electron chi connectivity index (χ3n) is 2.91. The molecule has 120 valence electrons. The zero-order chi connectivity index (χ0) is 17.0. The average Bonchev–Trinajstić information content (AvgIpc) is 2.80. The van der Waals surface area contributed by atoms with Gasteiger partial charge in [-0.2, -0.15) is 5.26 Å². The molecule has 0 saturated carbocycles. The summed E-state index contributed by atoms with van der Waals surface area (Å²) in [5.41, 5.74) is 7.67. The summed E-state index contributed by atoms with van der Waals surface area (Å²) in [6.07, 6.45) is 0. The van der Waals surface area contributed by atoms with Gasteiger partial charge in [-0.05, 0) is 26.8 Å². The van der Waals surface area contributed by atoms with E-state index in [1.807, 2.05) is 19.9 Å². The summed E-state index contributed by atoms with van der Waals surface area (Å²) >= 11 is 2.53. The van der Waals surface area contributed by atoms with E-state index in [1.165, 1.54) is 11.8 Å². The molecule has 0 atom stereocenters. The first-order valence-corrected chi connectivity index (χ1v) is 8.69. The fourth-order valence-electron chi connectivity index (χ4n) is 2.01. The molecule has 2 rings (SSSR count). The number of rotatable bonds is 5. The number of hydrogen-bond acceptors (Lipinski definition) is 8. The van der Waals surface area contributed by atoms with Gasteiger partial charge in [-0.3, -0.25) is 0 Å². The van der Waals surface area contributed by atoms with Crippen LogP contribution >= 0.6 is 23.1 Å². The van der Waals surface area contributed by atoms with Crippen LogP contribution in [0.2, 0.25) is 0 Å². The van der Waals surface area contributed by atoms with Crippen LogP contribution in [-0.4, -0.2) is 22.5 Å². The Morgan fingerprint density at radius 2 is 2.22 bits per heavy atom. The lowest BCUT2D eigenvalue weighted by atomic mass is 10.2. The van der Waals surface area contributed by atoms with Crippen molar-refractivity contribution in [2.45, 2.75) is 31.6 Å². The van der Waals surface area contributed by atoms with E-state index in [4.69, 9.17) is 10.5 Å². The number of carbonyl (C=O) groups is 1. The van der Waals surface area contributed by atoms with Crippen LogP contribution in [0.3, 0.4) is 0 Å². The molecule has 2 N–H and O–H groups in total. The van der Waals surface area contributed by atoms with Gasteiger partial charge in [0.1, 0.15) is 26.8 Å². The number of hydrogen-bond donors (Lipinski definition) is 1. The van der Waals surface area contributed by atoms with E-state index < -0.39 is 5.97 Å². The lowest BCUT2D eigenvalue weighted by Gasteiger charge is -2.05. The van der Waals surface area contributed by atoms with Crippen molar-refractivity contribution in [3.8, 4) is 6.07 Å². The standard InChI is InChI=1S/C15H16N4O2S2/c1-4-21-15(20)13-11(10(6-16)14(17)23-13)7-22-12-5-8(2)18-9(3)19-12/h5H,4,7,17H2,1-3H3. The molecule has 2 heterocycles. The number of carbonyl (C=O) groups excluding carboxylic acids is 1. The fraction of sp³-hybridized carbons (Fsp3) is 0.333. The van der Waals surface area contributed by atoms with Gasteiger partial charge in [-0.25, -0.2) is 14.8 Å². The van der Waals surface area contributed by atoms with Gasteiger partial charge in [-0.1, -0.05) is 0 Å². The van der Waals surface area contributed by atoms with Gasteiger partial charge in [0.15, 0.2) is 0 Å². The molecule has 2 aromatic rings. The number of ether oxygens (including phenoxy) is 1. The molecule has 6 nitrogen and oxygen atoms in total. The highest BCUT2D eigenvalue weighted by atomic mass is 32.2. The number of nitrogens with two attached hydrogens (primary N) is 1. The smallest absolute Gasteiger partial charge is 0.348 e. The average molecular weight is 348 g/mol. The van der Waals surface area contributed by atoms with Crippen molar-refractivity contribution < 1.29 is 9.53 Å². The second kappa shape index (κ2) is 7.44. The molecule has 0 spiro atoms. The highest BCUT2D eigenvalue weighted by Crippen LogP contribution is 2.35. The number of nitriles is 1. The Morgan fingerprint density at radius 1 is 1.48 bits per heavy atom. The van der Waals surface area contributed by atoms with E-state index in [1.54, 1.807) is 6.92 Å². The summed E-state index contributed by atoms with van der Waals surface area (Å²) in [7, 11) is 0. The first kappa shape index (κ1) is 17.2. The predicted molar refractivity (Wildman–Crippen MR) is 90.5 cm³/mol. The Morgan fingerprint density at radius 3 is 2.83 bits per heavy atom. The Hall–Kier alpha value is -2.11. The van der Waals surface area contributed by atoms with Crippen LogP contribution in [0.1, 0.15) is 39.2 Å². The van der Waals surface area contributed by atoms with Gasteiger partial charge in [-0.15, -0.1) is 23.1 Å². The third-order valence-corrected chi connectivity index (χ3v) is 4.89. The second-order valence-electron chi connectivity index (χ2n) is 4.66. The normalized spacial score (nSPS) is 10.3. The van der Waals surface area contributed by atoms with Crippen LogP contribution in [0.4, 0.5) is 5.00 Å². The Balaban J connectivity index is 2.31. The number of aromatic nitrogens is 2. The van der Waals surface area contributed by atoms with E-state index in [-0.39, 0.29) is 6.61 Å². The van der Waals surface area contributed by atoms with E-state index >= 15 is 0 Å². The zero-order valence-electron chi connectivity index (χ0n) is 13.0. The summed E-state index contributed by atoms with van der Waals surface area (Å²) in [5, 5.41) is 10.4. The van der Waals surface area contributed by atoms with E-state index in [2.05, 4.69) is 16.0 Å². The molecule has 0 aromatic carbocycles. The van der Waals surface area contributed by atoms with Gasteiger partial charge < -0.3 is 10.5 Å². The molecule has 0 amide bonds. The minimum Gasteiger partial charge on any atom is -0.462 e. The van der Waals surface area contributed by atoms with Crippen LogP contribution in [0, 0.1) is 25.2 Å². The third kappa shape index (κ3) is 4.00. The molecule has 0 aliphatic carbocycles. The summed E-state index contributed by atoms with van der Waals surface area (Å²) in [5.74, 6) is 0.653. The second-order valence-corrected chi connectivity index (χ2v) is 6.71. The van der Waals surface area contributed by atoms with Crippen LogP contribution in [0.15, 0.2) is 11.1 Å². The van der Waals surface area contributed by atoms with Gasteiger partial charge in [0.2, 0.25) is 0 Å². The molecule has 0 bridgehead atoms. The van der Waals surface area contributed by atoms with E-state index in [0.717, 1.165) is 22.1 Å². The Labute approximate surface area is 142 Å². The molecular formula is C15H16N4O2S2. The summed E-state index contributed by atoms with van der Waals surface area (Å²) in [6, 6.07) is 3.94. The summed E-state index contributed by atoms with van der Waals surface area (Å²) in [4.78, 5) is 21.0. The van der Waals surface area contributed by atoms with Gasteiger partial charge in [0.25, 0.3) is 0 Å². The van der Waals surface area contributed by atoms with Gasteiger partial charge in [0, 0.05) is 17.0 Å². The number of nitrogen functional groups attached to an aromatic ring is 1. The lowest BCUT2D eigenvalue weighted by Crippen LogP contribution is -2.05. The van der Waals surface area contributed by atoms with Crippen LogP contribution in [0.25, 0.3) is 0 Å². The van der Waals surface area contributed by atoms with Crippen molar-refractivity contribution in [1.29, 1.82) is 5.26 Å². The van der Waals surface area contributed by atoms with Gasteiger partial charge >= 0.3 is 5.97 Å². The molecule has 0 fully saturated rings. The van der Waals surface area contributed by atoms with Crippen molar-refractivity contribution in [1.82, 2.24) is 9.97 Å². The molecule has 23 heavy (non-hydrogen) atoms. The Bertz CT molecular complexity index is 760. The van der Waals surface area contributed by atoms with Crippen molar-refractivity contribution in [2.75, 3.05) is 12.3 Å². The van der Waals surface area contributed by atoms with Crippen molar-refractivity contribution in [3.05, 3.63) is 33.6 Å². The maximum atomic E-state index is 12.1. The molecule has 0 aliphatic rings. The minimum absolute atomic E-state index is 0.273. The minimum atomic E-state index is -0.448. The lowest BCUT2D eigenvalue weighted by molar-refractivity contribution is 0.0531. The van der Waals surface area contributed by atoms with Crippen molar-refractivity contribution in [3.63, 3.8) is 0 Å². The fourth-order valence-corrected chi connectivity index (χ4v) is 4.06. The monoisotopic (exact) mass is 348 g/mol. The predicted octanol–water partition coefficient (Wildman–Crippen LogP) is 3.08. The number of anilines is 1. The quantitative estimate of drug-likeness (QED) is 0.503. The molecule has 0 unspecified atom stereocenters. The first-order chi connectivity index (χ1) is 11.0. The zero-order valence-corrected chi connectivity index (χ0v) is 14.7. The number of thiophene rings is 1. The molecule has 2 aromatic heterocycles. The molecule has 0 aliphatic heterocycles. The molecule has 0 saturated heterocycles. The number of aryl methyl sites for hydroxylation is 2. The number of nitrogens with zero attached hydrogens (tertiary/aromatic N) is 3. The van der Waals surface area contributed by atoms with Crippen LogP contribution in [0.5, 0.6) is 0 Å². The van der Waals surface area contributed by atoms with Crippen LogP contribution in [-0.2, 0) is 10.5 Å². The van der Waals surface area contributed by atoms with E-state index in [0.29, 0.717) is 32.6 Å². The largest absolute Gasteiger partial charge is 0.462 e. The molecule has 0 radical (unpaired) electrons. The molecule has 8 heteroatoms.